The number of rotatable bonds is 5. The van der Waals surface area contributed by atoms with E-state index in [9.17, 15) is 14.7 Å². The molecule has 4 rings (SSSR count). The van der Waals surface area contributed by atoms with Crippen molar-refractivity contribution >= 4 is 52.0 Å². The maximum atomic E-state index is 13.3. The highest BCUT2D eigenvalue weighted by Crippen LogP contribution is 2.44. The van der Waals surface area contributed by atoms with Crippen LogP contribution >= 0.6 is 23.2 Å². The second-order valence-corrected chi connectivity index (χ2v) is 9.28. The summed E-state index contributed by atoms with van der Waals surface area (Å²) in [5.41, 5.74) is 3.28. The van der Waals surface area contributed by atoms with E-state index in [1.165, 1.54) is 24.1 Å². The highest BCUT2D eigenvalue weighted by molar-refractivity contribution is 6.51. The second kappa shape index (κ2) is 9.64. The molecule has 0 saturated carbocycles. The number of carbonyl (C=O) groups is 2. The van der Waals surface area contributed by atoms with Crippen molar-refractivity contribution < 1.29 is 19.4 Å². The summed E-state index contributed by atoms with van der Waals surface area (Å²) in [6, 6.07) is 16.8. The van der Waals surface area contributed by atoms with Crippen LogP contribution in [0, 0.1) is 6.92 Å². The van der Waals surface area contributed by atoms with Crippen LogP contribution in [0.25, 0.3) is 5.76 Å². The van der Waals surface area contributed by atoms with Gasteiger partial charge < -0.3 is 14.7 Å². The summed E-state index contributed by atoms with van der Waals surface area (Å²) in [5.74, 6) is -1.65. The van der Waals surface area contributed by atoms with Crippen LogP contribution in [0.2, 0.25) is 10.0 Å². The third-order valence-corrected chi connectivity index (χ3v) is 6.48. The van der Waals surface area contributed by atoms with Crippen LogP contribution < -0.4 is 14.5 Å². The average molecular weight is 511 g/mol. The Bertz CT molecular complexity index is 1330. The van der Waals surface area contributed by atoms with Crippen LogP contribution in [0.1, 0.15) is 22.7 Å². The van der Waals surface area contributed by atoms with Gasteiger partial charge in [-0.25, -0.2) is 0 Å². The first-order valence-corrected chi connectivity index (χ1v) is 11.6. The lowest BCUT2D eigenvalue weighted by atomic mass is 9.94. The van der Waals surface area contributed by atoms with E-state index in [1.807, 2.05) is 62.3 Å². The number of methoxy groups -OCH3 is 1. The van der Waals surface area contributed by atoms with Gasteiger partial charge in [-0.15, -0.1) is 0 Å². The lowest BCUT2D eigenvalue weighted by Crippen LogP contribution is -2.29. The lowest BCUT2D eigenvalue weighted by Gasteiger charge is -2.26. The Hall–Kier alpha value is -3.48. The summed E-state index contributed by atoms with van der Waals surface area (Å²) < 4.78 is 5.18. The van der Waals surface area contributed by atoms with Gasteiger partial charge in [0.2, 0.25) is 0 Å². The maximum Gasteiger partial charge on any atom is 0.300 e. The zero-order chi connectivity index (χ0) is 25.4. The molecule has 1 atom stereocenters. The molecule has 0 aliphatic carbocycles. The number of hydrogen-bond acceptors (Lipinski definition) is 5. The minimum atomic E-state index is -0.847. The Morgan fingerprint density at radius 1 is 1.00 bits per heavy atom. The summed E-state index contributed by atoms with van der Waals surface area (Å²) in [6.07, 6.45) is 0. The Morgan fingerprint density at radius 2 is 1.63 bits per heavy atom. The predicted octanol–water partition coefficient (Wildman–Crippen LogP) is 6.00. The van der Waals surface area contributed by atoms with E-state index < -0.39 is 17.7 Å². The van der Waals surface area contributed by atoms with Gasteiger partial charge in [-0.05, 0) is 48.9 Å². The van der Waals surface area contributed by atoms with E-state index in [0.717, 1.165) is 11.3 Å². The van der Waals surface area contributed by atoms with Gasteiger partial charge in [-0.2, -0.15) is 0 Å². The van der Waals surface area contributed by atoms with E-state index in [1.54, 1.807) is 12.1 Å². The summed E-state index contributed by atoms with van der Waals surface area (Å²) in [4.78, 5) is 30.0. The zero-order valence-electron chi connectivity index (χ0n) is 19.7. The molecule has 3 aromatic carbocycles. The van der Waals surface area contributed by atoms with Gasteiger partial charge in [0, 0.05) is 31.0 Å². The number of ketones is 1. The van der Waals surface area contributed by atoms with Crippen LogP contribution in [0.3, 0.4) is 0 Å². The first-order valence-electron chi connectivity index (χ1n) is 10.8. The summed E-state index contributed by atoms with van der Waals surface area (Å²) in [6.45, 7) is 1.92. The van der Waals surface area contributed by atoms with Crippen molar-refractivity contribution in [1.29, 1.82) is 0 Å². The smallest absolute Gasteiger partial charge is 0.300 e. The topological polar surface area (TPSA) is 70.1 Å². The number of ether oxygens (including phenoxy) is 1. The van der Waals surface area contributed by atoms with Gasteiger partial charge in [-0.3, -0.25) is 14.5 Å². The Labute approximate surface area is 213 Å². The molecule has 8 heteroatoms. The first-order chi connectivity index (χ1) is 16.6. The maximum absolute atomic E-state index is 13.3. The number of carbonyl (C=O) groups excluding carboxylic acids is 2. The number of hydrogen-bond donors (Lipinski definition) is 1. The molecular formula is C27H24Cl2N2O4. The molecule has 1 unspecified atom stereocenters. The van der Waals surface area contributed by atoms with Gasteiger partial charge in [0.25, 0.3) is 11.7 Å². The number of anilines is 2. The van der Waals surface area contributed by atoms with Crippen LogP contribution in [0.4, 0.5) is 11.4 Å². The van der Waals surface area contributed by atoms with Crippen molar-refractivity contribution in [3.63, 3.8) is 0 Å². The molecule has 1 aliphatic heterocycles. The van der Waals surface area contributed by atoms with Gasteiger partial charge in [0.15, 0.2) is 5.75 Å². The predicted molar refractivity (Wildman–Crippen MR) is 140 cm³/mol. The van der Waals surface area contributed by atoms with E-state index in [2.05, 4.69) is 0 Å². The molecule has 0 bridgehead atoms. The normalized spacial score (nSPS) is 17.1. The SMILES string of the molecule is COc1c(Cl)cc(/C(O)=C2\C(=O)C(=O)N(c3ccc(N(C)C)cc3)C2c2cccc(C)c2)cc1Cl. The van der Waals surface area contributed by atoms with E-state index in [0.29, 0.717) is 11.3 Å². The third-order valence-electron chi connectivity index (χ3n) is 5.92. The van der Waals surface area contributed by atoms with Crippen molar-refractivity contribution in [3.05, 3.63) is 93.0 Å². The Morgan fingerprint density at radius 3 is 2.17 bits per heavy atom. The molecule has 6 nitrogen and oxygen atoms in total. The largest absolute Gasteiger partial charge is 0.507 e. The standard InChI is InChI=1S/C27H24Cl2N2O4/c1-15-6-5-7-16(12-15)23-22(24(32)17-13-20(28)26(35-4)21(29)14-17)25(33)27(34)31(23)19-10-8-18(9-11-19)30(2)3/h5-14,23,32H,1-4H3/b24-22+. The van der Waals surface area contributed by atoms with Gasteiger partial charge >= 0.3 is 0 Å². The van der Waals surface area contributed by atoms with Crippen LogP contribution in [-0.2, 0) is 9.59 Å². The summed E-state index contributed by atoms with van der Waals surface area (Å²) in [5, 5.41) is 11.7. The molecule has 1 fully saturated rings. The number of nitrogens with zero attached hydrogens (tertiary/aromatic N) is 2. The fourth-order valence-electron chi connectivity index (χ4n) is 4.21. The van der Waals surface area contributed by atoms with Crippen molar-refractivity contribution in [3.8, 4) is 5.75 Å². The Balaban J connectivity index is 1.94. The monoisotopic (exact) mass is 510 g/mol. The molecule has 1 heterocycles. The number of Topliss-reactive ketones (excluding diaryl/α,β-unsaturated/α-hetero) is 1. The molecule has 1 amide bonds. The minimum absolute atomic E-state index is 0.0467. The molecule has 0 aromatic heterocycles. The fraction of sp³-hybridized carbons (Fsp3) is 0.185. The van der Waals surface area contributed by atoms with Crippen molar-refractivity contribution in [2.45, 2.75) is 13.0 Å². The number of halogens is 2. The second-order valence-electron chi connectivity index (χ2n) is 8.47. The van der Waals surface area contributed by atoms with Crippen LogP contribution in [0.15, 0.2) is 66.2 Å². The molecule has 35 heavy (non-hydrogen) atoms. The van der Waals surface area contributed by atoms with Crippen LogP contribution in [-0.4, -0.2) is 38.0 Å². The highest BCUT2D eigenvalue weighted by atomic mass is 35.5. The number of aliphatic hydroxyl groups is 1. The van der Waals surface area contributed by atoms with Crippen molar-refractivity contribution in [1.82, 2.24) is 0 Å². The van der Waals surface area contributed by atoms with Gasteiger partial charge in [0.1, 0.15) is 5.76 Å². The number of aryl methyl sites for hydroxylation is 1. The average Bonchev–Trinajstić information content (AvgIpc) is 3.09. The molecule has 1 N–H and O–H groups in total. The Kier molecular flexibility index (Phi) is 6.79. The van der Waals surface area contributed by atoms with E-state index in [4.69, 9.17) is 27.9 Å². The van der Waals surface area contributed by atoms with Crippen molar-refractivity contribution in [2.24, 2.45) is 0 Å². The fourth-order valence-corrected chi connectivity index (χ4v) is 4.85. The lowest BCUT2D eigenvalue weighted by molar-refractivity contribution is -0.132. The van der Waals surface area contributed by atoms with Crippen LogP contribution in [0.5, 0.6) is 5.75 Å². The quantitative estimate of drug-likeness (QED) is 0.259. The van der Waals surface area contributed by atoms with Crippen molar-refractivity contribution in [2.75, 3.05) is 31.0 Å². The van der Waals surface area contributed by atoms with E-state index in [-0.39, 0.29) is 32.7 Å². The molecular weight excluding hydrogens is 487 g/mol. The summed E-state index contributed by atoms with van der Waals surface area (Å²) in [7, 11) is 5.26. The van der Waals surface area contributed by atoms with Gasteiger partial charge in [0.05, 0.1) is 28.8 Å². The molecule has 0 radical (unpaired) electrons. The highest BCUT2D eigenvalue weighted by Gasteiger charge is 2.47. The number of benzene rings is 3. The zero-order valence-corrected chi connectivity index (χ0v) is 21.2. The number of amides is 1. The minimum Gasteiger partial charge on any atom is -0.507 e. The first kappa shape index (κ1) is 24.6. The molecule has 3 aromatic rings. The van der Waals surface area contributed by atoms with Gasteiger partial charge in [-0.1, -0.05) is 53.0 Å². The molecule has 180 valence electrons. The third kappa shape index (κ3) is 4.47. The summed E-state index contributed by atoms with van der Waals surface area (Å²) >= 11 is 12.6. The molecule has 0 spiro atoms. The molecule has 1 saturated heterocycles. The number of aliphatic hydroxyl groups excluding tert-OH is 1. The molecule has 1 aliphatic rings. The van der Waals surface area contributed by atoms with E-state index >= 15 is 0 Å².